The molecule has 4 nitrogen and oxygen atoms in total. The molecule has 51 heavy (non-hydrogen) atoms. The average molecular weight is 651 g/mol. The first-order chi connectivity index (χ1) is 25.3. The van der Waals surface area contributed by atoms with Crippen LogP contribution in [0.4, 0.5) is 0 Å². The van der Waals surface area contributed by atoms with Gasteiger partial charge in [-0.25, -0.2) is 15.0 Å². The van der Waals surface area contributed by atoms with Crippen molar-refractivity contribution in [2.24, 2.45) is 0 Å². The lowest BCUT2D eigenvalue weighted by Gasteiger charge is -2.12. The fourth-order valence-electron chi connectivity index (χ4n) is 7.34. The van der Waals surface area contributed by atoms with Crippen LogP contribution in [0.5, 0.6) is 0 Å². The van der Waals surface area contributed by atoms with Gasteiger partial charge in [-0.15, -0.1) is 0 Å². The molecule has 0 bridgehead atoms. The number of hydrogen-bond acceptors (Lipinski definition) is 3. The molecule has 0 radical (unpaired) electrons. The van der Waals surface area contributed by atoms with Gasteiger partial charge in [0.15, 0.2) is 17.5 Å². The third-order valence-corrected chi connectivity index (χ3v) is 9.81. The minimum Gasteiger partial charge on any atom is -0.309 e. The van der Waals surface area contributed by atoms with Crippen LogP contribution < -0.4 is 0 Å². The highest BCUT2D eigenvalue weighted by Gasteiger charge is 2.16. The first kappa shape index (κ1) is 29.0. The number of benzene rings is 8. The van der Waals surface area contributed by atoms with Crippen molar-refractivity contribution in [2.45, 2.75) is 0 Å². The summed E-state index contributed by atoms with van der Waals surface area (Å²) in [6.45, 7) is 0. The van der Waals surface area contributed by atoms with Crippen molar-refractivity contribution < 1.29 is 0 Å². The Hall–Kier alpha value is -6.91. The van der Waals surface area contributed by atoms with Gasteiger partial charge in [0.05, 0.1) is 11.0 Å². The van der Waals surface area contributed by atoms with Crippen LogP contribution >= 0.6 is 0 Å². The number of para-hydroxylation sites is 1. The number of fused-ring (bicyclic) bond motifs is 5. The van der Waals surface area contributed by atoms with Crippen LogP contribution in [0, 0.1) is 0 Å². The summed E-state index contributed by atoms with van der Waals surface area (Å²) in [5, 5.41) is 7.37. The van der Waals surface area contributed by atoms with Gasteiger partial charge in [0.25, 0.3) is 0 Å². The molecule has 0 aliphatic carbocycles. The van der Waals surface area contributed by atoms with E-state index in [4.69, 9.17) is 15.0 Å². The Morgan fingerprint density at radius 2 is 0.863 bits per heavy atom. The highest BCUT2D eigenvalue weighted by Crippen LogP contribution is 2.36. The summed E-state index contributed by atoms with van der Waals surface area (Å²) >= 11 is 0. The molecule has 2 aromatic heterocycles. The normalized spacial score (nSPS) is 11.5. The molecule has 0 aliphatic heterocycles. The van der Waals surface area contributed by atoms with E-state index < -0.39 is 0 Å². The Labute approximate surface area is 295 Å². The van der Waals surface area contributed by atoms with Crippen LogP contribution in [0.2, 0.25) is 0 Å². The lowest BCUT2D eigenvalue weighted by atomic mass is 9.97. The van der Waals surface area contributed by atoms with Crippen molar-refractivity contribution in [3.05, 3.63) is 182 Å². The number of hydrogen-bond donors (Lipinski definition) is 0. The molecule has 10 aromatic rings. The quantitative estimate of drug-likeness (QED) is 0.186. The summed E-state index contributed by atoms with van der Waals surface area (Å²) in [4.78, 5) is 15.2. The molecule has 0 aliphatic rings. The minimum atomic E-state index is 0.630. The summed E-state index contributed by atoms with van der Waals surface area (Å²) in [6.07, 6.45) is 0. The van der Waals surface area contributed by atoms with E-state index in [0.29, 0.717) is 17.5 Å². The van der Waals surface area contributed by atoms with Gasteiger partial charge >= 0.3 is 0 Å². The highest BCUT2D eigenvalue weighted by atomic mass is 15.0. The zero-order chi connectivity index (χ0) is 33.7. The molecule has 2 heterocycles. The van der Waals surface area contributed by atoms with Gasteiger partial charge in [-0.1, -0.05) is 152 Å². The lowest BCUT2D eigenvalue weighted by Crippen LogP contribution is -2.01. The summed E-state index contributed by atoms with van der Waals surface area (Å²) < 4.78 is 2.35. The molecule has 0 saturated heterocycles. The van der Waals surface area contributed by atoms with Gasteiger partial charge in [-0.2, -0.15) is 0 Å². The maximum absolute atomic E-state index is 5.11. The Kier molecular flexibility index (Phi) is 6.78. The van der Waals surface area contributed by atoms with Crippen LogP contribution in [-0.4, -0.2) is 19.5 Å². The van der Waals surface area contributed by atoms with Crippen molar-refractivity contribution in [3.63, 3.8) is 0 Å². The van der Waals surface area contributed by atoms with Crippen LogP contribution in [0.1, 0.15) is 0 Å². The SMILES string of the molecule is c1ccc(-c2nc(-c3ccc(-c4cccc5ccccc45)cc3)nc(-c3cccc(-n4c5ccccc5c5cc6ccccc6cc54)c3)n2)cc1. The van der Waals surface area contributed by atoms with Crippen LogP contribution in [-0.2, 0) is 0 Å². The van der Waals surface area contributed by atoms with Crippen LogP contribution in [0.3, 0.4) is 0 Å². The van der Waals surface area contributed by atoms with Gasteiger partial charge in [-0.05, 0) is 63.0 Å². The summed E-state index contributed by atoms with van der Waals surface area (Å²) in [6, 6.07) is 64.0. The fourth-order valence-corrected chi connectivity index (χ4v) is 7.34. The van der Waals surface area contributed by atoms with Gasteiger partial charge in [-0.3, -0.25) is 0 Å². The molecule has 0 N–H and O–H groups in total. The second-order valence-electron chi connectivity index (χ2n) is 12.9. The van der Waals surface area contributed by atoms with Crippen molar-refractivity contribution in [3.8, 4) is 51.0 Å². The fraction of sp³-hybridized carbons (Fsp3) is 0. The first-order valence-corrected chi connectivity index (χ1v) is 17.2. The van der Waals surface area contributed by atoms with Crippen molar-refractivity contribution in [2.75, 3.05) is 0 Å². The second-order valence-corrected chi connectivity index (χ2v) is 12.9. The van der Waals surface area contributed by atoms with E-state index in [9.17, 15) is 0 Å². The maximum atomic E-state index is 5.11. The van der Waals surface area contributed by atoms with Gasteiger partial charge in [0, 0.05) is 33.2 Å². The van der Waals surface area contributed by atoms with Crippen molar-refractivity contribution in [1.29, 1.82) is 0 Å². The van der Waals surface area contributed by atoms with E-state index in [-0.39, 0.29) is 0 Å². The predicted octanol–water partition coefficient (Wildman–Crippen LogP) is 11.9. The standard InChI is InChI=1S/C47H30N4/c1-2-13-33(14-3-1)45-48-46(34-26-24-32(25-27-34)40-22-11-17-31-12-6-7-20-39(31)40)50-47(49-45)37-18-10-19-38(28-37)51-43-23-9-8-21-41(43)42-29-35-15-4-5-16-36(35)30-44(42)51/h1-30H. The molecular formula is C47H30N4. The summed E-state index contributed by atoms with van der Waals surface area (Å²) in [5.74, 6) is 1.91. The smallest absolute Gasteiger partial charge is 0.164 e. The molecular weight excluding hydrogens is 621 g/mol. The molecule has 10 rings (SSSR count). The van der Waals surface area contributed by atoms with Crippen LogP contribution in [0.25, 0.3) is 94.3 Å². The average Bonchev–Trinajstić information content (AvgIpc) is 3.53. The van der Waals surface area contributed by atoms with E-state index in [1.807, 2.05) is 30.3 Å². The van der Waals surface area contributed by atoms with E-state index >= 15 is 0 Å². The Bertz CT molecular complexity index is 2900. The molecule has 0 spiro atoms. The van der Waals surface area contributed by atoms with Crippen molar-refractivity contribution >= 4 is 43.4 Å². The monoisotopic (exact) mass is 650 g/mol. The van der Waals surface area contributed by atoms with Gasteiger partial charge in [0.2, 0.25) is 0 Å². The Balaban J connectivity index is 1.12. The molecule has 0 atom stereocenters. The Morgan fingerprint density at radius 3 is 1.65 bits per heavy atom. The van der Waals surface area contributed by atoms with Crippen LogP contribution in [0.15, 0.2) is 182 Å². The zero-order valence-electron chi connectivity index (χ0n) is 27.6. The number of aromatic nitrogens is 4. The molecule has 0 saturated carbocycles. The molecule has 8 aromatic carbocycles. The van der Waals surface area contributed by atoms with E-state index in [1.165, 1.54) is 43.4 Å². The zero-order valence-corrected chi connectivity index (χ0v) is 27.6. The Morgan fingerprint density at radius 1 is 0.314 bits per heavy atom. The summed E-state index contributed by atoms with van der Waals surface area (Å²) in [5.41, 5.74) is 8.54. The molecule has 0 amide bonds. The number of rotatable bonds is 5. The third kappa shape index (κ3) is 5.04. The number of nitrogens with zero attached hydrogens (tertiary/aromatic N) is 4. The van der Waals surface area contributed by atoms with Gasteiger partial charge < -0.3 is 4.57 Å². The lowest BCUT2D eigenvalue weighted by molar-refractivity contribution is 1.07. The van der Waals surface area contributed by atoms with E-state index in [2.05, 4.69) is 156 Å². The summed E-state index contributed by atoms with van der Waals surface area (Å²) in [7, 11) is 0. The highest BCUT2D eigenvalue weighted by molar-refractivity contribution is 6.13. The van der Waals surface area contributed by atoms with Crippen molar-refractivity contribution in [1.82, 2.24) is 19.5 Å². The molecule has 4 heteroatoms. The minimum absolute atomic E-state index is 0.630. The van der Waals surface area contributed by atoms with Gasteiger partial charge in [0.1, 0.15) is 0 Å². The first-order valence-electron chi connectivity index (χ1n) is 17.2. The topological polar surface area (TPSA) is 43.6 Å². The van der Waals surface area contributed by atoms with E-state index in [1.54, 1.807) is 0 Å². The van der Waals surface area contributed by atoms with E-state index in [0.717, 1.165) is 33.5 Å². The molecule has 0 fully saturated rings. The predicted molar refractivity (Wildman–Crippen MR) is 211 cm³/mol. The molecule has 0 unspecified atom stereocenters. The molecule has 238 valence electrons. The largest absolute Gasteiger partial charge is 0.309 e. The maximum Gasteiger partial charge on any atom is 0.164 e. The second kappa shape index (κ2) is 11.9. The third-order valence-electron chi connectivity index (χ3n) is 9.81.